The Labute approximate surface area is 253 Å². The Kier molecular flexibility index (Phi) is 8.24. The van der Waals surface area contributed by atoms with Crippen LogP contribution in [0.15, 0.2) is 52.6 Å². The van der Waals surface area contributed by atoms with Crippen LogP contribution >= 0.6 is 11.3 Å². The highest BCUT2D eigenvalue weighted by molar-refractivity contribution is 7.13. The maximum absolute atomic E-state index is 6.62. The van der Waals surface area contributed by atoms with Crippen molar-refractivity contribution in [1.82, 2.24) is 24.9 Å². The lowest BCUT2D eigenvalue weighted by Gasteiger charge is -2.36. The number of nitrogens with zero attached hydrogens (tertiary/aromatic N) is 5. The second-order valence-corrected chi connectivity index (χ2v) is 18.0. The molecule has 0 bridgehead atoms. The summed E-state index contributed by atoms with van der Waals surface area (Å²) in [6.07, 6.45) is 4.50. The van der Waals surface area contributed by atoms with Crippen LogP contribution in [0.1, 0.15) is 49.0 Å². The fourth-order valence-corrected chi connectivity index (χ4v) is 6.41. The van der Waals surface area contributed by atoms with E-state index in [9.17, 15) is 0 Å². The van der Waals surface area contributed by atoms with E-state index in [2.05, 4.69) is 80.5 Å². The van der Waals surface area contributed by atoms with Gasteiger partial charge in [0, 0.05) is 53.3 Å². The predicted molar refractivity (Wildman–Crippen MR) is 173 cm³/mol. The molecule has 0 aliphatic carbocycles. The zero-order valence-corrected chi connectivity index (χ0v) is 27.8. The SMILES string of the molecule is Cc1cc(-n2ccc(-c3nccs3)n2)c(CCO[Si](C)(C)C(C)(C)C)c(Nc2ccc(-c3c(C)noc3C)cc2C)n1. The number of anilines is 2. The number of rotatable bonds is 9. The second-order valence-electron chi connectivity index (χ2n) is 12.3. The monoisotopic (exact) mass is 600 g/mol. The van der Waals surface area contributed by atoms with E-state index in [-0.39, 0.29) is 5.04 Å². The number of hydrogen-bond acceptors (Lipinski definition) is 8. The van der Waals surface area contributed by atoms with E-state index in [1.54, 1.807) is 17.5 Å². The van der Waals surface area contributed by atoms with Gasteiger partial charge < -0.3 is 14.3 Å². The van der Waals surface area contributed by atoms with E-state index in [1.165, 1.54) is 0 Å². The van der Waals surface area contributed by atoms with Crippen molar-refractivity contribution in [3.63, 3.8) is 0 Å². The number of aryl methyl sites for hydroxylation is 4. The van der Waals surface area contributed by atoms with Crippen LogP contribution in [0.5, 0.6) is 0 Å². The molecule has 1 aromatic carbocycles. The molecule has 8 nitrogen and oxygen atoms in total. The lowest BCUT2D eigenvalue weighted by atomic mass is 10.0. The molecule has 0 saturated carbocycles. The first kappa shape index (κ1) is 29.9. The van der Waals surface area contributed by atoms with E-state index in [0.717, 1.165) is 67.3 Å². The highest BCUT2D eigenvalue weighted by Gasteiger charge is 2.37. The van der Waals surface area contributed by atoms with Crippen LogP contribution in [0.4, 0.5) is 11.5 Å². The smallest absolute Gasteiger partial charge is 0.191 e. The Balaban J connectivity index is 1.53. The summed E-state index contributed by atoms with van der Waals surface area (Å²) >= 11 is 1.58. The first-order chi connectivity index (χ1) is 19.8. The molecule has 0 radical (unpaired) electrons. The number of nitrogens with one attached hydrogen (secondary N) is 1. The van der Waals surface area contributed by atoms with Crippen LogP contribution in [-0.2, 0) is 10.8 Å². The van der Waals surface area contributed by atoms with Gasteiger partial charge in [-0.2, -0.15) is 5.10 Å². The highest BCUT2D eigenvalue weighted by atomic mass is 32.1. The maximum Gasteiger partial charge on any atom is 0.191 e. The normalized spacial score (nSPS) is 12.2. The minimum Gasteiger partial charge on any atom is -0.416 e. The quantitative estimate of drug-likeness (QED) is 0.169. The molecule has 0 aliphatic heterocycles. The minimum atomic E-state index is -1.92. The summed E-state index contributed by atoms with van der Waals surface area (Å²) in [7, 11) is -1.92. The molecule has 5 aromatic rings. The van der Waals surface area contributed by atoms with Gasteiger partial charge in [0.05, 0.1) is 11.4 Å². The average Bonchev–Trinajstić information content (AvgIpc) is 3.67. The van der Waals surface area contributed by atoms with Crippen molar-refractivity contribution in [2.45, 2.75) is 73.0 Å². The molecular weight excluding hydrogens is 561 g/mol. The third kappa shape index (κ3) is 6.11. The van der Waals surface area contributed by atoms with Gasteiger partial charge in [0.2, 0.25) is 0 Å². The molecule has 0 unspecified atom stereocenters. The van der Waals surface area contributed by atoms with Gasteiger partial charge in [0.25, 0.3) is 0 Å². The summed E-state index contributed by atoms with van der Waals surface area (Å²) in [4.78, 5) is 9.43. The van der Waals surface area contributed by atoms with Gasteiger partial charge in [-0.15, -0.1) is 11.3 Å². The van der Waals surface area contributed by atoms with Gasteiger partial charge >= 0.3 is 0 Å². The Hall–Kier alpha value is -3.60. The standard InChI is InChI=1S/C32H40N6O2SSi/c1-20-18-24(29-22(3)37-40-23(29)4)10-11-26(20)35-30-25(13-16-39-42(8,9)32(5,6)7)28(19-21(2)34-30)38-15-12-27(36-38)31-33-14-17-41-31/h10-12,14-15,17-19H,13,16H2,1-9H3,(H,34,35). The van der Waals surface area contributed by atoms with Gasteiger partial charge in [-0.3, -0.25) is 0 Å². The molecule has 0 saturated heterocycles. The summed E-state index contributed by atoms with van der Waals surface area (Å²) in [6, 6.07) is 10.5. The molecule has 1 N–H and O–H groups in total. The molecule has 0 spiro atoms. The van der Waals surface area contributed by atoms with Gasteiger partial charge in [0.15, 0.2) is 8.32 Å². The number of hydrogen-bond donors (Lipinski definition) is 1. The van der Waals surface area contributed by atoms with Crippen molar-refractivity contribution >= 4 is 31.2 Å². The third-order valence-electron chi connectivity index (χ3n) is 8.14. The predicted octanol–water partition coefficient (Wildman–Crippen LogP) is 8.59. The lowest BCUT2D eigenvalue weighted by molar-refractivity contribution is 0.292. The fourth-order valence-electron chi connectivity index (χ4n) is 4.77. The molecular formula is C32H40N6O2SSi. The van der Waals surface area contributed by atoms with E-state index >= 15 is 0 Å². The van der Waals surface area contributed by atoms with Crippen LogP contribution in [-0.4, -0.2) is 39.8 Å². The van der Waals surface area contributed by atoms with Gasteiger partial charge in [0.1, 0.15) is 22.3 Å². The number of benzene rings is 1. The van der Waals surface area contributed by atoms with Crippen LogP contribution in [0.25, 0.3) is 27.5 Å². The first-order valence-corrected chi connectivity index (χ1v) is 18.0. The molecule has 5 rings (SSSR count). The molecule has 4 heterocycles. The molecule has 220 valence electrons. The maximum atomic E-state index is 6.62. The summed E-state index contributed by atoms with van der Waals surface area (Å²) in [5.41, 5.74) is 8.90. The van der Waals surface area contributed by atoms with E-state index < -0.39 is 8.32 Å². The van der Waals surface area contributed by atoms with Crippen molar-refractivity contribution in [1.29, 1.82) is 0 Å². The highest BCUT2D eigenvalue weighted by Crippen LogP contribution is 2.37. The van der Waals surface area contributed by atoms with Gasteiger partial charge in [-0.1, -0.05) is 32.0 Å². The summed E-state index contributed by atoms with van der Waals surface area (Å²) in [5.74, 6) is 1.63. The molecule has 0 amide bonds. The zero-order valence-electron chi connectivity index (χ0n) is 26.0. The topological polar surface area (TPSA) is 90.9 Å². The molecule has 42 heavy (non-hydrogen) atoms. The van der Waals surface area contributed by atoms with E-state index in [4.69, 9.17) is 19.0 Å². The van der Waals surface area contributed by atoms with Gasteiger partial charge in [-0.05, 0) is 81.2 Å². The minimum absolute atomic E-state index is 0.132. The largest absolute Gasteiger partial charge is 0.416 e. The van der Waals surface area contributed by atoms with Crippen molar-refractivity contribution in [3.05, 3.63) is 76.4 Å². The van der Waals surface area contributed by atoms with Crippen LogP contribution in [0.2, 0.25) is 18.1 Å². The third-order valence-corrected chi connectivity index (χ3v) is 13.5. The Morgan fingerprint density at radius 2 is 1.86 bits per heavy atom. The van der Waals surface area contributed by atoms with E-state index in [0.29, 0.717) is 13.0 Å². The first-order valence-electron chi connectivity index (χ1n) is 14.3. The van der Waals surface area contributed by atoms with Crippen molar-refractivity contribution in [2.24, 2.45) is 0 Å². The van der Waals surface area contributed by atoms with Crippen LogP contribution in [0, 0.1) is 27.7 Å². The van der Waals surface area contributed by atoms with Gasteiger partial charge in [-0.25, -0.2) is 14.6 Å². The lowest BCUT2D eigenvalue weighted by Crippen LogP contribution is -2.41. The summed E-state index contributed by atoms with van der Waals surface area (Å²) < 4.78 is 14.0. The Bertz CT molecular complexity index is 1680. The number of pyridine rings is 1. The van der Waals surface area contributed by atoms with E-state index in [1.807, 2.05) is 43.1 Å². The summed E-state index contributed by atoms with van der Waals surface area (Å²) in [6.45, 7) is 20.0. The number of thiazole rings is 1. The van der Waals surface area contributed by atoms with Crippen molar-refractivity contribution < 1.29 is 8.95 Å². The van der Waals surface area contributed by atoms with Crippen LogP contribution in [0.3, 0.4) is 0 Å². The molecule has 10 heteroatoms. The number of aromatic nitrogens is 5. The molecule has 4 aromatic heterocycles. The molecule has 0 fully saturated rings. The summed E-state index contributed by atoms with van der Waals surface area (Å²) in [5, 5.41) is 15.7. The van der Waals surface area contributed by atoms with Crippen molar-refractivity contribution in [2.75, 3.05) is 11.9 Å². The zero-order chi connectivity index (χ0) is 30.2. The molecule has 0 aliphatic rings. The average molecular weight is 601 g/mol. The van der Waals surface area contributed by atoms with Crippen LogP contribution < -0.4 is 5.32 Å². The Morgan fingerprint density at radius 3 is 2.50 bits per heavy atom. The fraction of sp³-hybridized carbons (Fsp3) is 0.375. The Morgan fingerprint density at radius 1 is 1.07 bits per heavy atom. The van der Waals surface area contributed by atoms with Crippen molar-refractivity contribution in [3.8, 4) is 27.5 Å². The molecule has 0 atom stereocenters. The second kappa shape index (κ2) is 11.6.